The van der Waals surface area contributed by atoms with Crippen molar-refractivity contribution in [3.8, 4) is 0 Å². The van der Waals surface area contributed by atoms with E-state index in [-0.39, 0.29) is 25.2 Å². The van der Waals surface area contributed by atoms with Gasteiger partial charge in [-0.05, 0) is 116 Å². The van der Waals surface area contributed by atoms with Crippen molar-refractivity contribution in [2.45, 2.75) is 245 Å². The number of esters is 2. The Labute approximate surface area is 396 Å². The van der Waals surface area contributed by atoms with Crippen LogP contribution < -0.4 is 0 Å². The summed E-state index contributed by atoms with van der Waals surface area (Å²) < 4.78 is 17.4. The van der Waals surface area contributed by atoms with E-state index >= 15 is 0 Å². The Morgan fingerprint density at radius 3 is 1.16 bits per heavy atom. The predicted molar refractivity (Wildman–Crippen MR) is 279 cm³/mol. The van der Waals surface area contributed by atoms with E-state index in [4.69, 9.17) is 14.2 Å². The van der Waals surface area contributed by atoms with Crippen LogP contribution in [-0.2, 0) is 23.8 Å². The fourth-order valence-electron chi connectivity index (χ4n) is 7.16. The molecule has 366 valence electrons. The second-order valence-corrected chi connectivity index (χ2v) is 17.4. The van der Waals surface area contributed by atoms with Crippen molar-refractivity contribution in [3.05, 3.63) is 97.2 Å². The van der Waals surface area contributed by atoms with E-state index in [0.29, 0.717) is 19.4 Å². The van der Waals surface area contributed by atoms with Gasteiger partial charge < -0.3 is 14.2 Å². The molecular weight excluding hydrogens is 789 g/mol. The molecule has 0 aliphatic heterocycles. The first-order valence-electron chi connectivity index (χ1n) is 26.8. The van der Waals surface area contributed by atoms with E-state index in [2.05, 4.69) is 118 Å². The summed E-state index contributed by atoms with van der Waals surface area (Å²) >= 11 is 0. The largest absolute Gasteiger partial charge is 0.462 e. The van der Waals surface area contributed by atoms with Crippen LogP contribution in [0.2, 0.25) is 0 Å². The minimum Gasteiger partial charge on any atom is -0.462 e. The Balaban J connectivity index is 4.33. The molecule has 0 aliphatic rings. The molecule has 0 bridgehead atoms. The third-order valence-electron chi connectivity index (χ3n) is 11.1. The zero-order chi connectivity index (χ0) is 46.3. The molecule has 1 unspecified atom stereocenters. The van der Waals surface area contributed by atoms with E-state index in [9.17, 15) is 9.59 Å². The topological polar surface area (TPSA) is 61.8 Å². The minimum absolute atomic E-state index is 0.0602. The van der Waals surface area contributed by atoms with Crippen molar-refractivity contribution < 1.29 is 23.8 Å². The Morgan fingerprint density at radius 1 is 0.359 bits per heavy atom. The molecule has 0 saturated carbocycles. The van der Waals surface area contributed by atoms with Gasteiger partial charge >= 0.3 is 11.9 Å². The number of carbonyl (C=O) groups excluding carboxylic acids is 2. The van der Waals surface area contributed by atoms with Gasteiger partial charge in [0.25, 0.3) is 0 Å². The highest BCUT2D eigenvalue weighted by molar-refractivity contribution is 5.70. The first-order valence-corrected chi connectivity index (χ1v) is 26.8. The van der Waals surface area contributed by atoms with Gasteiger partial charge in [-0.2, -0.15) is 0 Å². The zero-order valence-electron chi connectivity index (χ0n) is 42.0. The molecule has 0 amide bonds. The standard InChI is InChI=1S/C59H100O5/c1-4-7-10-13-16-19-22-25-27-28-29-30-31-33-36-39-42-45-48-51-54-62-55-57(64-59(61)53-50-47-44-41-38-34-24-21-18-15-12-9-6-3)56-63-58(60)52-49-46-43-40-37-35-32-26-23-20-17-14-11-8-5-2/h7,9-10,12,16,18-19,21,25-27,29-30,32,34,38,57H,4-6,8,11,13-15,17,20,22-24,28,31,33,35-37,39-56H2,1-3H3/b10-7-,12-9-,19-16-,21-18-,27-25-,30-29-,32-26-,38-34-. The monoisotopic (exact) mass is 889 g/mol. The highest BCUT2D eigenvalue weighted by Gasteiger charge is 2.17. The molecule has 5 nitrogen and oxygen atoms in total. The molecule has 0 aromatic carbocycles. The van der Waals surface area contributed by atoms with Crippen LogP contribution >= 0.6 is 0 Å². The Kier molecular flexibility index (Phi) is 51.5. The summed E-state index contributed by atoms with van der Waals surface area (Å²) in [6.45, 7) is 7.53. The summed E-state index contributed by atoms with van der Waals surface area (Å²) in [7, 11) is 0. The van der Waals surface area contributed by atoms with Gasteiger partial charge in [-0.15, -0.1) is 0 Å². The van der Waals surface area contributed by atoms with Crippen molar-refractivity contribution >= 4 is 11.9 Å². The van der Waals surface area contributed by atoms with Gasteiger partial charge in [0, 0.05) is 19.4 Å². The molecule has 0 aromatic heterocycles. The lowest BCUT2D eigenvalue weighted by atomic mass is 10.1. The number of ether oxygens (including phenoxy) is 3. The van der Waals surface area contributed by atoms with Gasteiger partial charge in [0.1, 0.15) is 6.61 Å². The summed E-state index contributed by atoms with van der Waals surface area (Å²) in [6.07, 6.45) is 72.8. The van der Waals surface area contributed by atoms with Crippen molar-refractivity contribution in [2.24, 2.45) is 0 Å². The average molecular weight is 889 g/mol. The number of rotatable bonds is 48. The maximum absolute atomic E-state index is 12.8. The van der Waals surface area contributed by atoms with Crippen LogP contribution in [0.4, 0.5) is 0 Å². The van der Waals surface area contributed by atoms with Crippen molar-refractivity contribution in [2.75, 3.05) is 19.8 Å². The lowest BCUT2D eigenvalue weighted by Gasteiger charge is -2.18. The van der Waals surface area contributed by atoms with Crippen LogP contribution in [0.3, 0.4) is 0 Å². The van der Waals surface area contributed by atoms with Crippen LogP contribution in [0.1, 0.15) is 239 Å². The Hall–Kier alpha value is -3.18. The average Bonchev–Trinajstić information content (AvgIpc) is 3.30. The molecule has 0 radical (unpaired) electrons. The van der Waals surface area contributed by atoms with Crippen LogP contribution in [-0.4, -0.2) is 37.9 Å². The Morgan fingerprint density at radius 2 is 0.703 bits per heavy atom. The SMILES string of the molecule is CC/C=C\C/C=C\C/C=C\C/C=C\CCCCCCCCCOCC(COC(=O)CCCCCCC/C=C\CCCCCCCC)OC(=O)CCCCC/C=C\C/C=C\C/C=C\CC. The smallest absolute Gasteiger partial charge is 0.306 e. The molecule has 0 saturated heterocycles. The number of allylic oxidation sites excluding steroid dienone is 16. The fourth-order valence-corrected chi connectivity index (χ4v) is 7.16. The highest BCUT2D eigenvalue weighted by Crippen LogP contribution is 2.13. The molecule has 5 heteroatoms. The first kappa shape index (κ1) is 60.8. The second-order valence-electron chi connectivity index (χ2n) is 17.4. The van der Waals surface area contributed by atoms with E-state index < -0.39 is 6.10 Å². The van der Waals surface area contributed by atoms with Crippen molar-refractivity contribution in [1.82, 2.24) is 0 Å². The van der Waals surface area contributed by atoms with Crippen LogP contribution in [0.25, 0.3) is 0 Å². The van der Waals surface area contributed by atoms with Gasteiger partial charge in [0.15, 0.2) is 6.10 Å². The molecule has 64 heavy (non-hydrogen) atoms. The molecule has 0 N–H and O–H groups in total. The van der Waals surface area contributed by atoms with E-state index in [0.717, 1.165) is 116 Å². The maximum atomic E-state index is 12.8. The van der Waals surface area contributed by atoms with Crippen LogP contribution in [0.15, 0.2) is 97.2 Å². The number of hydrogen-bond acceptors (Lipinski definition) is 5. The number of hydrogen-bond donors (Lipinski definition) is 0. The third kappa shape index (κ3) is 51.5. The van der Waals surface area contributed by atoms with E-state index in [1.165, 1.54) is 89.9 Å². The van der Waals surface area contributed by atoms with Gasteiger partial charge in [0.05, 0.1) is 6.61 Å². The molecule has 0 fully saturated rings. The van der Waals surface area contributed by atoms with Gasteiger partial charge in [0.2, 0.25) is 0 Å². The van der Waals surface area contributed by atoms with Gasteiger partial charge in [-0.1, -0.05) is 208 Å². The highest BCUT2D eigenvalue weighted by atomic mass is 16.6. The predicted octanol–water partition coefficient (Wildman–Crippen LogP) is 18.2. The Bertz CT molecular complexity index is 1230. The third-order valence-corrected chi connectivity index (χ3v) is 11.1. The summed E-state index contributed by atoms with van der Waals surface area (Å²) in [5, 5.41) is 0. The zero-order valence-corrected chi connectivity index (χ0v) is 42.0. The summed E-state index contributed by atoms with van der Waals surface area (Å²) in [6, 6.07) is 0. The van der Waals surface area contributed by atoms with Crippen molar-refractivity contribution in [3.63, 3.8) is 0 Å². The molecule has 0 rings (SSSR count). The summed E-state index contributed by atoms with van der Waals surface area (Å²) in [5.41, 5.74) is 0. The van der Waals surface area contributed by atoms with Crippen LogP contribution in [0, 0.1) is 0 Å². The quantitative estimate of drug-likeness (QED) is 0.0346. The van der Waals surface area contributed by atoms with Crippen molar-refractivity contribution in [1.29, 1.82) is 0 Å². The molecule has 0 spiro atoms. The van der Waals surface area contributed by atoms with E-state index in [1.807, 2.05) is 0 Å². The first-order chi connectivity index (χ1) is 31.6. The minimum atomic E-state index is -0.566. The molecular formula is C59H100O5. The number of carbonyl (C=O) groups is 2. The second kappa shape index (κ2) is 54.2. The normalized spacial score (nSPS) is 13.0. The molecule has 0 heterocycles. The van der Waals surface area contributed by atoms with Crippen LogP contribution in [0.5, 0.6) is 0 Å². The summed E-state index contributed by atoms with van der Waals surface area (Å²) in [4.78, 5) is 25.4. The lowest BCUT2D eigenvalue weighted by Crippen LogP contribution is -2.30. The van der Waals surface area contributed by atoms with Gasteiger partial charge in [-0.3, -0.25) is 9.59 Å². The summed E-state index contributed by atoms with van der Waals surface area (Å²) in [5.74, 6) is -0.448. The fraction of sp³-hybridized carbons (Fsp3) is 0.695. The van der Waals surface area contributed by atoms with E-state index in [1.54, 1.807) is 0 Å². The number of unbranched alkanes of at least 4 members (excludes halogenated alkanes) is 21. The lowest BCUT2D eigenvalue weighted by molar-refractivity contribution is -0.163. The van der Waals surface area contributed by atoms with Gasteiger partial charge in [-0.25, -0.2) is 0 Å². The molecule has 0 aliphatic carbocycles. The molecule has 0 aromatic rings. The maximum Gasteiger partial charge on any atom is 0.306 e. The molecule has 1 atom stereocenters.